The number of esters is 1. The number of carbonyl (C=O) groups excluding carboxylic acids is 3. The van der Waals surface area contributed by atoms with Crippen molar-refractivity contribution in [3.05, 3.63) is 99.1 Å². The Morgan fingerprint density at radius 3 is 1.91 bits per heavy atom. The summed E-state index contributed by atoms with van der Waals surface area (Å²) in [7, 11) is 0. The van der Waals surface area contributed by atoms with Crippen LogP contribution in [-0.4, -0.2) is 17.8 Å². The second-order valence-electron chi connectivity index (χ2n) is 6.66. The second kappa shape index (κ2) is 9.04. The lowest BCUT2D eigenvalue weighted by atomic mass is 10.2. The topological polar surface area (TPSA) is 75.7 Å². The van der Waals surface area contributed by atoms with Crippen molar-refractivity contribution in [3.63, 3.8) is 0 Å². The van der Waals surface area contributed by atoms with E-state index in [-0.39, 0.29) is 10.7 Å². The summed E-state index contributed by atoms with van der Waals surface area (Å²) in [5, 5.41) is 3.61. The molecular formula is C23H13Cl3N2O4. The number of anilines is 2. The summed E-state index contributed by atoms with van der Waals surface area (Å²) in [5.41, 5.74) is 1.03. The fourth-order valence-corrected chi connectivity index (χ4v) is 3.40. The summed E-state index contributed by atoms with van der Waals surface area (Å²) in [6.45, 7) is 0. The molecule has 3 aromatic rings. The average molecular weight is 488 g/mol. The van der Waals surface area contributed by atoms with Crippen molar-refractivity contribution < 1.29 is 19.1 Å². The van der Waals surface area contributed by atoms with Gasteiger partial charge in [0, 0.05) is 15.7 Å². The quantitative estimate of drug-likeness (QED) is 0.286. The molecule has 0 bridgehead atoms. The molecule has 1 aliphatic rings. The fourth-order valence-electron chi connectivity index (χ4n) is 2.94. The molecule has 0 radical (unpaired) electrons. The van der Waals surface area contributed by atoms with E-state index in [0.29, 0.717) is 32.7 Å². The predicted molar refractivity (Wildman–Crippen MR) is 123 cm³/mol. The smallest absolute Gasteiger partial charge is 0.343 e. The van der Waals surface area contributed by atoms with Crippen LogP contribution in [0, 0.1) is 0 Å². The highest BCUT2D eigenvalue weighted by Crippen LogP contribution is 2.30. The monoisotopic (exact) mass is 486 g/mol. The number of halogens is 3. The molecule has 0 aromatic heterocycles. The Hall–Kier alpha value is -3.32. The average Bonchev–Trinajstić information content (AvgIpc) is 3.00. The van der Waals surface area contributed by atoms with Gasteiger partial charge in [-0.25, -0.2) is 9.69 Å². The first-order valence-corrected chi connectivity index (χ1v) is 10.4. The molecule has 160 valence electrons. The third-order valence-electron chi connectivity index (χ3n) is 4.53. The van der Waals surface area contributed by atoms with Gasteiger partial charge in [0.25, 0.3) is 11.8 Å². The molecule has 0 unspecified atom stereocenters. The third-order valence-corrected chi connectivity index (χ3v) is 5.38. The van der Waals surface area contributed by atoms with Crippen LogP contribution in [0.25, 0.3) is 0 Å². The van der Waals surface area contributed by atoms with Crippen molar-refractivity contribution >= 4 is 64.0 Å². The normalized spacial score (nSPS) is 13.5. The van der Waals surface area contributed by atoms with Crippen molar-refractivity contribution in [1.29, 1.82) is 0 Å². The summed E-state index contributed by atoms with van der Waals surface area (Å²) in [6, 6.07) is 18.8. The molecule has 9 heteroatoms. The van der Waals surface area contributed by atoms with Crippen LogP contribution in [0.15, 0.2) is 83.5 Å². The van der Waals surface area contributed by atoms with Gasteiger partial charge in [-0.3, -0.25) is 9.59 Å². The van der Waals surface area contributed by atoms with Gasteiger partial charge in [0.05, 0.1) is 11.3 Å². The fraction of sp³-hybridized carbons (Fsp3) is 0. The predicted octanol–water partition coefficient (Wildman–Crippen LogP) is 5.65. The van der Waals surface area contributed by atoms with Crippen LogP contribution < -0.4 is 15.0 Å². The lowest BCUT2D eigenvalue weighted by Crippen LogP contribution is -2.32. The van der Waals surface area contributed by atoms with E-state index in [2.05, 4.69) is 5.32 Å². The van der Waals surface area contributed by atoms with E-state index in [1.807, 2.05) is 0 Å². The van der Waals surface area contributed by atoms with Crippen molar-refractivity contribution in [2.75, 3.05) is 10.2 Å². The lowest BCUT2D eigenvalue weighted by Gasteiger charge is -2.15. The van der Waals surface area contributed by atoms with Crippen LogP contribution in [0.1, 0.15) is 10.4 Å². The Labute approximate surface area is 197 Å². The molecule has 0 atom stereocenters. The van der Waals surface area contributed by atoms with Gasteiger partial charge in [-0.1, -0.05) is 34.8 Å². The maximum Gasteiger partial charge on any atom is 0.343 e. The number of ether oxygens (including phenoxy) is 1. The van der Waals surface area contributed by atoms with Crippen molar-refractivity contribution in [2.45, 2.75) is 0 Å². The molecule has 1 N–H and O–H groups in total. The first kappa shape index (κ1) is 21.9. The molecule has 6 nitrogen and oxygen atoms in total. The van der Waals surface area contributed by atoms with E-state index in [1.165, 1.54) is 12.1 Å². The molecule has 4 rings (SSSR count). The number of hydrogen-bond donors (Lipinski definition) is 1. The minimum absolute atomic E-state index is 0.0666. The van der Waals surface area contributed by atoms with E-state index in [1.54, 1.807) is 60.7 Å². The zero-order valence-electron chi connectivity index (χ0n) is 16.1. The minimum atomic E-state index is -0.648. The zero-order valence-corrected chi connectivity index (χ0v) is 18.4. The minimum Gasteiger partial charge on any atom is -0.423 e. The number of rotatable bonds is 5. The van der Waals surface area contributed by atoms with E-state index in [4.69, 9.17) is 39.5 Å². The Bertz CT molecular complexity index is 1240. The van der Waals surface area contributed by atoms with E-state index in [9.17, 15) is 14.4 Å². The van der Waals surface area contributed by atoms with Gasteiger partial charge in [-0.05, 0) is 72.8 Å². The van der Waals surface area contributed by atoms with Gasteiger partial charge < -0.3 is 10.1 Å². The summed E-state index contributed by atoms with van der Waals surface area (Å²) >= 11 is 17.8. The number of carbonyl (C=O) groups is 3. The molecular weight excluding hydrogens is 475 g/mol. The Morgan fingerprint density at radius 1 is 0.750 bits per heavy atom. The number of hydrogen-bond acceptors (Lipinski definition) is 5. The molecule has 0 fully saturated rings. The van der Waals surface area contributed by atoms with Gasteiger partial charge in [0.2, 0.25) is 0 Å². The maximum atomic E-state index is 12.8. The van der Waals surface area contributed by atoms with Crippen LogP contribution in [0.5, 0.6) is 5.75 Å². The molecule has 0 saturated carbocycles. The highest BCUT2D eigenvalue weighted by atomic mass is 35.5. The SMILES string of the molecule is O=C(Oc1ccc(Cl)cc1)c1ccc(NC2=C(Cl)C(=O)N(c3ccc(Cl)cc3)C2=O)cc1. The highest BCUT2D eigenvalue weighted by molar-refractivity contribution is 6.53. The van der Waals surface area contributed by atoms with E-state index in [0.717, 1.165) is 4.90 Å². The van der Waals surface area contributed by atoms with E-state index >= 15 is 0 Å². The number of imide groups is 1. The first-order valence-electron chi connectivity index (χ1n) is 9.22. The van der Waals surface area contributed by atoms with Gasteiger partial charge in [-0.2, -0.15) is 0 Å². The third kappa shape index (κ3) is 4.48. The molecule has 2 amide bonds. The number of benzene rings is 3. The van der Waals surface area contributed by atoms with Crippen molar-refractivity contribution in [3.8, 4) is 5.75 Å². The summed E-state index contributed by atoms with van der Waals surface area (Å²) < 4.78 is 5.29. The zero-order chi connectivity index (χ0) is 22.8. The van der Waals surface area contributed by atoms with Crippen LogP contribution in [-0.2, 0) is 9.59 Å². The Kier molecular flexibility index (Phi) is 6.19. The van der Waals surface area contributed by atoms with Gasteiger partial charge in [-0.15, -0.1) is 0 Å². The first-order chi connectivity index (χ1) is 15.3. The number of nitrogens with zero attached hydrogens (tertiary/aromatic N) is 1. The number of amides is 2. The van der Waals surface area contributed by atoms with Crippen LogP contribution in [0.3, 0.4) is 0 Å². The molecule has 3 aromatic carbocycles. The molecule has 0 aliphatic carbocycles. The molecule has 1 heterocycles. The molecule has 1 aliphatic heterocycles. The van der Waals surface area contributed by atoms with Crippen LogP contribution in [0.4, 0.5) is 11.4 Å². The van der Waals surface area contributed by atoms with Crippen LogP contribution >= 0.6 is 34.8 Å². The standard InChI is InChI=1S/C23H13Cl3N2O4/c24-14-3-9-17(10-4-14)28-21(29)19(26)20(22(28)30)27-16-7-1-13(2-8-16)23(31)32-18-11-5-15(25)6-12-18/h1-12,27H. The van der Waals surface area contributed by atoms with E-state index < -0.39 is 17.8 Å². The largest absolute Gasteiger partial charge is 0.423 e. The van der Waals surface area contributed by atoms with Crippen molar-refractivity contribution in [1.82, 2.24) is 0 Å². The highest BCUT2D eigenvalue weighted by Gasteiger charge is 2.38. The molecule has 0 saturated heterocycles. The summed E-state index contributed by atoms with van der Waals surface area (Å²) in [6.07, 6.45) is 0. The summed E-state index contributed by atoms with van der Waals surface area (Å²) in [5.74, 6) is -1.45. The van der Waals surface area contributed by atoms with Crippen LogP contribution in [0.2, 0.25) is 10.0 Å². The Morgan fingerprint density at radius 2 is 1.31 bits per heavy atom. The Balaban J connectivity index is 1.47. The maximum absolute atomic E-state index is 12.8. The molecule has 32 heavy (non-hydrogen) atoms. The van der Waals surface area contributed by atoms with Gasteiger partial charge in [0.15, 0.2) is 0 Å². The lowest BCUT2D eigenvalue weighted by molar-refractivity contribution is -0.120. The van der Waals surface area contributed by atoms with Crippen molar-refractivity contribution in [2.24, 2.45) is 0 Å². The second-order valence-corrected chi connectivity index (χ2v) is 7.91. The molecule has 0 spiro atoms. The van der Waals surface area contributed by atoms with Gasteiger partial charge in [0.1, 0.15) is 16.5 Å². The van der Waals surface area contributed by atoms with Gasteiger partial charge >= 0.3 is 5.97 Å². The number of nitrogens with one attached hydrogen (secondary N) is 1. The summed E-state index contributed by atoms with van der Waals surface area (Å²) in [4.78, 5) is 38.6.